The van der Waals surface area contributed by atoms with E-state index in [-0.39, 0.29) is 33.0 Å². The molecule has 6 atom stereocenters. The number of carbonyl (C=O) groups excluding carboxylic acids is 3. The van der Waals surface area contributed by atoms with E-state index in [1.54, 1.807) is 20.8 Å². The van der Waals surface area contributed by atoms with Crippen LogP contribution in [-0.4, -0.2) is 73.5 Å². The predicted molar refractivity (Wildman–Crippen MR) is 208 cm³/mol. The first-order chi connectivity index (χ1) is 27.0. The molecule has 12 nitrogen and oxygen atoms in total. The Labute approximate surface area is 328 Å². The lowest BCUT2D eigenvalue weighted by Gasteiger charge is -2.46. The molecule has 4 aromatic carbocycles. The van der Waals surface area contributed by atoms with Crippen molar-refractivity contribution in [1.29, 1.82) is 0 Å². The summed E-state index contributed by atoms with van der Waals surface area (Å²) in [5.41, 5.74) is 2.93. The second-order valence-corrected chi connectivity index (χ2v) is 14.4. The van der Waals surface area contributed by atoms with Crippen LogP contribution in [0.1, 0.15) is 49.9 Å². The molecule has 5 rings (SSSR count). The van der Waals surface area contributed by atoms with E-state index in [9.17, 15) is 14.4 Å². The van der Waals surface area contributed by atoms with E-state index in [1.165, 1.54) is 6.92 Å². The third-order valence-corrected chi connectivity index (χ3v) is 8.60. The van der Waals surface area contributed by atoms with E-state index in [1.807, 2.05) is 121 Å². The molecular formula is C44H52N2O10. The van der Waals surface area contributed by atoms with Crippen LogP contribution in [0.5, 0.6) is 0 Å². The van der Waals surface area contributed by atoms with Crippen LogP contribution in [0.3, 0.4) is 0 Å². The Bertz CT molecular complexity index is 1770. The van der Waals surface area contributed by atoms with E-state index in [0.29, 0.717) is 6.61 Å². The summed E-state index contributed by atoms with van der Waals surface area (Å²) >= 11 is 0. The first-order valence-corrected chi connectivity index (χ1v) is 18.7. The van der Waals surface area contributed by atoms with Crippen molar-refractivity contribution in [2.45, 2.75) is 96.5 Å². The minimum atomic E-state index is -1.43. The molecule has 1 heterocycles. The van der Waals surface area contributed by atoms with Gasteiger partial charge in [-0.3, -0.25) is 9.59 Å². The smallest absolute Gasteiger partial charge is 0.407 e. The number of esters is 1. The molecule has 2 amide bonds. The lowest BCUT2D eigenvalue weighted by molar-refractivity contribution is -0.277. The number of amides is 2. The number of benzene rings is 4. The highest BCUT2D eigenvalue weighted by atomic mass is 16.6. The molecule has 1 aliphatic rings. The summed E-state index contributed by atoms with van der Waals surface area (Å²) in [5.74, 6) is -1.45. The highest BCUT2D eigenvalue weighted by molar-refractivity contribution is 5.84. The Morgan fingerprint density at radius 1 is 0.643 bits per heavy atom. The quantitative estimate of drug-likeness (QED) is 0.112. The average Bonchev–Trinajstić information content (AvgIpc) is 3.18. The SMILES string of the molecule is CC(=O)OC(CNC(=O)OC(C)(C)C)C(=O)N[C@@H]1O[C@H](COCc2ccccc2)[C@@H](OCc2ccccc2)[C@H](OCc2ccccc2)[C@H]1OCc1ccccc1. The zero-order valence-electron chi connectivity index (χ0n) is 32.3. The molecule has 0 bridgehead atoms. The van der Waals surface area contributed by atoms with Gasteiger partial charge in [0, 0.05) is 6.92 Å². The molecule has 56 heavy (non-hydrogen) atoms. The third kappa shape index (κ3) is 13.9. The standard InChI is InChI=1S/C44H52N2O10/c1-31(47)54-36(25-45-43(49)56-44(2,3)4)41(48)46-42-40(53-29-35-23-15-8-16-24-35)39(52-28-34-21-13-7-14-22-34)38(51-27-33-19-11-6-12-20-33)37(55-42)30-50-26-32-17-9-5-10-18-32/h5-24,36-40,42H,25-30H2,1-4H3,(H,45,49)(H,46,48)/t36?,37-,38-,39+,40-,42-/m1/s1. The van der Waals surface area contributed by atoms with E-state index < -0.39 is 60.3 Å². The van der Waals surface area contributed by atoms with Crippen molar-refractivity contribution in [2.24, 2.45) is 0 Å². The number of ether oxygens (including phenoxy) is 7. The summed E-state index contributed by atoms with van der Waals surface area (Å²) in [6.07, 6.45) is -6.59. The van der Waals surface area contributed by atoms with Gasteiger partial charge in [0.1, 0.15) is 30.0 Å². The van der Waals surface area contributed by atoms with Crippen molar-refractivity contribution in [3.8, 4) is 0 Å². The van der Waals surface area contributed by atoms with Crippen LogP contribution in [-0.2, 0) is 69.2 Å². The maximum atomic E-state index is 14.0. The highest BCUT2D eigenvalue weighted by Gasteiger charge is 2.49. The summed E-state index contributed by atoms with van der Waals surface area (Å²) in [6.45, 7) is 6.94. The van der Waals surface area contributed by atoms with Gasteiger partial charge in [-0.15, -0.1) is 0 Å². The molecule has 298 valence electrons. The van der Waals surface area contributed by atoms with Gasteiger partial charge < -0.3 is 43.8 Å². The van der Waals surface area contributed by atoms with Gasteiger partial charge in [0.05, 0.1) is 39.6 Å². The predicted octanol–water partition coefficient (Wildman–Crippen LogP) is 6.26. The second kappa shape index (κ2) is 21.3. The third-order valence-electron chi connectivity index (χ3n) is 8.60. The van der Waals surface area contributed by atoms with Crippen LogP contribution in [0.15, 0.2) is 121 Å². The van der Waals surface area contributed by atoms with Crippen LogP contribution >= 0.6 is 0 Å². The van der Waals surface area contributed by atoms with Crippen LogP contribution in [0.2, 0.25) is 0 Å². The molecule has 12 heteroatoms. The van der Waals surface area contributed by atoms with Crippen molar-refractivity contribution >= 4 is 18.0 Å². The topological polar surface area (TPSA) is 140 Å². The molecule has 2 N–H and O–H groups in total. The van der Waals surface area contributed by atoms with Gasteiger partial charge in [-0.2, -0.15) is 0 Å². The summed E-state index contributed by atoms with van der Waals surface area (Å²) in [6, 6.07) is 38.8. The molecule has 0 aliphatic carbocycles. The first kappa shape index (κ1) is 42.0. The summed E-state index contributed by atoms with van der Waals surface area (Å²) in [5, 5.41) is 5.42. The Hall–Kier alpha value is -5.11. The fraction of sp³-hybridized carbons (Fsp3) is 0.386. The molecule has 1 fully saturated rings. The lowest BCUT2D eigenvalue weighted by Crippen LogP contribution is -2.66. The van der Waals surface area contributed by atoms with Crippen molar-refractivity contribution < 1.29 is 47.5 Å². The number of rotatable bonds is 18. The van der Waals surface area contributed by atoms with Crippen molar-refractivity contribution in [3.05, 3.63) is 144 Å². The van der Waals surface area contributed by atoms with Gasteiger partial charge in [0.25, 0.3) is 5.91 Å². The van der Waals surface area contributed by atoms with E-state index in [2.05, 4.69) is 10.6 Å². The second-order valence-electron chi connectivity index (χ2n) is 14.4. The zero-order valence-corrected chi connectivity index (χ0v) is 32.3. The monoisotopic (exact) mass is 768 g/mol. The maximum absolute atomic E-state index is 14.0. The molecule has 0 radical (unpaired) electrons. The molecule has 1 saturated heterocycles. The summed E-state index contributed by atoms with van der Waals surface area (Å²) in [4.78, 5) is 38.7. The largest absolute Gasteiger partial charge is 0.451 e. The zero-order chi connectivity index (χ0) is 39.8. The molecule has 0 spiro atoms. The van der Waals surface area contributed by atoms with Gasteiger partial charge in [-0.05, 0) is 43.0 Å². The van der Waals surface area contributed by atoms with E-state index in [0.717, 1.165) is 22.3 Å². The van der Waals surface area contributed by atoms with Gasteiger partial charge in [-0.1, -0.05) is 121 Å². The van der Waals surface area contributed by atoms with E-state index in [4.69, 9.17) is 33.2 Å². The Balaban J connectivity index is 1.47. The van der Waals surface area contributed by atoms with Gasteiger partial charge in [0.15, 0.2) is 12.3 Å². The van der Waals surface area contributed by atoms with Crippen molar-refractivity contribution in [2.75, 3.05) is 13.2 Å². The summed E-state index contributed by atoms with van der Waals surface area (Å²) in [7, 11) is 0. The molecule has 0 saturated carbocycles. The first-order valence-electron chi connectivity index (χ1n) is 18.7. The highest BCUT2D eigenvalue weighted by Crippen LogP contribution is 2.30. The number of hydrogen-bond acceptors (Lipinski definition) is 10. The van der Waals surface area contributed by atoms with Crippen molar-refractivity contribution in [3.63, 3.8) is 0 Å². The number of nitrogens with one attached hydrogen (secondary N) is 2. The number of hydrogen-bond donors (Lipinski definition) is 2. The van der Waals surface area contributed by atoms with Crippen LogP contribution in [0.4, 0.5) is 4.79 Å². The van der Waals surface area contributed by atoms with Crippen LogP contribution in [0.25, 0.3) is 0 Å². The molecule has 1 unspecified atom stereocenters. The van der Waals surface area contributed by atoms with Crippen LogP contribution in [0, 0.1) is 0 Å². The average molecular weight is 769 g/mol. The fourth-order valence-electron chi connectivity index (χ4n) is 6.02. The Morgan fingerprint density at radius 2 is 1.09 bits per heavy atom. The van der Waals surface area contributed by atoms with E-state index >= 15 is 0 Å². The molecular weight excluding hydrogens is 716 g/mol. The van der Waals surface area contributed by atoms with Gasteiger partial charge in [-0.25, -0.2) is 4.79 Å². The Kier molecular flexibility index (Phi) is 16.0. The molecule has 1 aliphatic heterocycles. The molecule has 0 aromatic heterocycles. The van der Waals surface area contributed by atoms with Gasteiger partial charge in [0.2, 0.25) is 0 Å². The number of alkyl carbamates (subject to hydrolysis) is 1. The Morgan fingerprint density at radius 3 is 1.55 bits per heavy atom. The summed E-state index contributed by atoms with van der Waals surface area (Å²) < 4.78 is 43.7. The normalized spacial score (nSPS) is 20.0. The maximum Gasteiger partial charge on any atom is 0.407 e. The minimum absolute atomic E-state index is 0.0743. The minimum Gasteiger partial charge on any atom is -0.451 e. The number of carbonyl (C=O) groups is 3. The molecule has 4 aromatic rings. The lowest BCUT2D eigenvalue weighted by atomic mass is 9.96. The van der Waals surface area contributed by atoms with Crippen molar-refractivity contribution in [1.82, 2.24) is 10.6 Å². The van der Waals surface area contributed by atoms with Crippen LogP contribution < -0.4 is 10.6 Å². The fourth-order valence-corrected chi connectivity index (χ4v) is 6.02. The van der Waals surface area contributed by atoms with Gasteiger partial charge >= 0.3 is 12.1 Å².